The van der Waals surface area contributed by atoms with Crippen LogP contribution in [0.1, 0.15) is 24.3 Å². The normalized spacial score (nSPS) is 15.6. The first-order chi connectivity index (χ1) is 9.49. The fourth-order valence-electron chi connectivity index (χ4n) is 2.09. The predicted molar refractivity (Wildman–Crippen MR) is 74.4 cm³/mol. The molecule has 1 fully saturated rings. The molecule has 0 N–H and O–H groups in total. The Kier molecular flexibility index (Phi) is 4.54. The third-order valence-corrected chi connectivity index (χ3v) is 3.43. The van der Waals surface area contributed by atoms with E-state index in [0.717, 1.165) is 0 Å². The van der Waals surface area contributed by atoms with Crippen molar-refractivity contribution in [3.05, 3.63) is 23.0 Å². The highest BCUT2D eigenvalue weighted by atomic mass is 35.5. The Balaban J connectivity index is 1.95. The van der Waals surface area contributed by atoms with Gasteiger partial charge in [-0.05, 0) is 12.1 Å². The summed E-state index contributed by atoms with van der Waals surface area (Å²) in [6.45, 7) is 5.91. The smallest absolute Gasteiger partial charge is 0.274 e. The van der Waals surface area contributed by atoms with E-state index >= 15 is 0 Å². The Morgan fingerprint density at radius 2 is 1.70 bits per heavy atom. The summed E-state index contributed by atoms with van der Waals surface area (Å²) >= 11 is 5.64. The lowest BCUT2D eigenvalue weighted by atomic mass is 10.1. The van der Waals surface area contributed by atoms with Crippen LogP contribution < -0.4 is 0 Å². The highest BCUT2D eigenvalue weighted by molar-refractivity contribution is 6.29. The second-order valence-corrected chi connectivity index (χ2v) is 5.40. The van der Waals surface area contributed by atoms with Gasteiger partial charge >= 0.3 is 0 Å². The molecule has 0 radical (unpaired) electrons. The first-order valence-electron chi connectivity index (χ1n) is 6.56. The van der Waals surface area contributed by atoms with E-state index in [4.69, 9.17) is 11.6 Å². The van der Waals surface area contributed by atoms with Crippen molar-refractivity contribution < 1.29 is 9.59 Å². The van der Waals surface area contributed by atoms with Crippen LogP contribution in [0.15, 0.2) is 12.1 Å². The lowest BCUT2D eigenvalue weighted by molar-refractivity contribution is -0.135. The molecule has 0 unspecified atom stereocenters. The quantitative estimate of drug-likeness (QED) is 0.819. The van der Waals surface area contributed by atoms with Crippen LogP contribution in [0.5, 0.6) is 0 Å². The van der Waals surface area contributed by atoms with Crippen molar-refractivity contribution in [2.75, 3.05) is 26.2 Å². The van der Waals surface area contributed by atoms with Crippen LogP contribution >= 0.6 is 11.6 Å². The summed E-state index contributed by atoms with van der Waals surface area (Å²) < 4.78 is 0. The average Bonchev–Trinajstić information content (AvgIpc) is 2.46. The molecule has 108 valence electrons. The van der Waals surface area contributed by atoms with Gasteiger partial charge in [-0.2, -0.15) is 0 Å². The topological polar surface area (TPSA) is 66.4 Å². The maximum absolute atomic E-state index is 12.2. The monoisotopic (exact) mass is 296 g/mol. The van der Waals surface area contributed by atoms with Gasteiger partial charge < -0.3 is 9.80 Å². The Hall–Kier alpha value is -1.69. The van der Waals surface area contributed by atoms with Crippen LogP contribution in [0.3, 0.4) is 0 Å². The van der Waals surface area contributed by atoms with E-state index in [9.17, 15) is 9.59 Å². The van der Waals surface area contributed by atoms with Gasteiger partial charge in [0.25, 0.3) is 5.91 Å². The standard InChI is InChI=1S/C13H17ClN4O2/c1-9(2)12(19)17-5-7-18(8-6-17)13(20)10-3-4-11(14)16-15-10/h3-4,9H,5-8H2,1-2H3. The van der Waals surface area contributed by atoms with Crippen LogP contribution in [0.25, 0.3) is 0 Å². The molecule has 0 aliphatic carbocycles. The second kappa shape index (κ2) is 6.17. The minimum atomic E-state index is -0.175. The van der Waals surface area contributed by atoms with E-state index in [0.29, 0.717) is 26.2 Å². The molecule has 0 saturated carbocycles. The van der Waals surface area contributed by atoms with Gasteiger partial charge in [0.05, 0.1) is 0 Å². The number of carbonyl (C=O) groups excluding carboxylic acids is 2. The van der Waals surface area contributed by atoms with Crippen LogP contribution in [0.2, 0.25) is 5.15 Å². The van der Waals surface area contributed by atoms with Crippen molar-refractivity contribution >= 4 is 23.4 Å². The van der Waals surface area contributed by atoms with Crippen molar-refractivity contribution in [3.63, 3.8) is 0 Å². The first-order valence-corrected chi connectivity index (χ1v) is 6.94. The van der Waals surface area contributed by atoms with Crippen molar-refractivity contribution in [1.29, 1.82) is 0 Å². The van der Waals surface area contributed by atoms with E-state index in [2.05, 4.69) is 10.2 Å². The summed E-state index contributed by atoms with van der Waals surface area (Å²) in [5, 5.41) is 7.71. The van der Waals surface area contributed by atoms with Gasteiger partial charge in [0, 0.05) is 32.1 Å². The lowest BCUT2D eigenvalue weighted by Crippen LogP contribution is -2.51. The maximum Gasteiger partial charge on any atom is 0.274 e. The number of aromatic nitrogens is 2. The van der Waals surface area contributed by atoms with Crippen molar-refractivity contribution in [1.82, 2.24) is 20.0 Å². The van der Waals surface area contributed by atoms with Crippen molar-refractivity contribution in [3.8, 4) is 0 Å². The number of halogens is 1. The summed E-state index contributed by atoms with van der Waals surface area (Å²) in [7, 11) is 0. The highest BCUT2D eigenvalue weighted by Crippen LogP contribution is 2.10. The molecule has 0 aromatic carbocycles. The number of amides is 2. The maximum atomic E-state index is 12.2. The number of rotatable bonds is 2. The minimum Gasteiger partial charge on any atom is -0.339 e. The van der Waals surface area contributed by atoms with Crippen molar-refractivity contribution in [2.45, 2.75) is 13.8 Å². The first kappa shape index (κ1) is 14.7. The molecule has 1 aliphatic heterocycles. The van der Waals surface area contributed by atoms with Gasteiger partial charge in [0.1, 0.15) is 0 Å². The molecule has 1 aliphatic rings. The zero-order valence-electron chi connectivity index (χ0n) is 11.5. The number of hydrogen-bond donors (Lipinski definition) is 0. The molecule has 1 aromatic heterocycles. The Bertz CT molecular complexity index is 496. The summed E-state index contributed by atoms with van der Waals surface area (Å²) in [4.78, 5) is 27.5. The lowest BCUT2D eigenvalue weighted by Gasteiger charge is -2.35. The van der Waals surface area contributed by atoms with Gasteiger partial charge in [-0.3, -0.25) is 9.59 Å². The third-order valence-electron chi connectivity index (χ3n) is 3.22. The molecule has 2 heterocycles. The number of piperazine rings is 1. The summed E-state index contributed by atoms with van der Waals surface area (Å²) in [6.07, 6.45) is 0. The Morgan fingerprint density at radius 1 is 1.10 bits per heavy atom. The molecular formula is C13H17ClN4O2. The fraction of sp³-hybridized carbons (Fsp3) is 0.538. The van der Waals surface area contributed by atoms with Crippen LogP contribution in [0.4, 0.5) is 0 Å². The number of nitrogens with zero attached hydrogens (tertiary/aromatic N) is 4. The van der Waals surface area contributed by atoms with E-state index in [1.165, 1.54) is 0 Å². The van der Waals surface area contributed by atoms with Crippen LogP contribution in [0, 0.1) is 5.92 Å². The molecule has 2 amide bonds. The molecule has 0 atom stereocenters. The fourth-order valence-corrected chi connectivity index (χ4v) is 2.19. The van der Waals surface area contributed by atoms with E-state index in [1.807, 2.05) is 13.8 Å². The second-order valence-electron chi connectivity index (χ2n) is 5.01. The molecule has 0 bridgehead atoms. The van der Waals surface area contributed by atoms with Gasteiger partial charge in [-0.15, -0.1) is 10.2 Å². The van der Waals surface area contributed by atoms with Crippen LogP contribution in [-0.2, 0) is 4.79 Å². The Morgan fingerprint density at radius 3 is 2.20 bits per heavy atom. The molecule has 2 rings (SSSR count). The predicted octanol–water partition coefficient (Wildman–Crippen LogP) is 1.07. The molecular weight excluding hydrogens is 280 g/mol. The molecule has 7 heteroatoms. The third kappa shape index (κ3) is 3.25. The zero-order valence-corrected chi connectivity index (χ0v) is 12.3. The largest absolute Gasteiger partial charge is 0.339 e. The summed E-state index contributed by atoms with van der Waals surface area (Å²) in [5.41, 5.74) is 0.276. The van der Waals surface area contributed by atoms with E-state index < -0.39 is 0 Å². The van der Waals surface area contributed by atoms with E-state index in [-0.39, 0.29) is 28.6 Å². The zero-order chi connectivity index (χ0) is 14.7. The average molecular weight is 297 g/mol. The number of hydrogen-bond acceptors (Lipinski definition) is 4. The van der Waals surface area contributed by atoms with Gasteiger partial charge in [-0.25, -0.2) is 0 Å². The Labute approximate surface area is 122 Å². The molecule has 1 saturated heterocycles. The van der Waals surface area contributed by atoms with Gasteiger partial charge in [-0.1, -0.05) is 25.4 Å². The summed E-state index contributed by atoms with van der Waals surface area (Å²) in [5.74, 6) is -0.0615. The summed E-state index contributed by atoms with van der Waals surface area (Å²) in [6, 6.07) is 3.10. The highest BCUT2D eigenvalue weighted by Gasteiger charge is 2.26. The molecule has 20 heavy (non-hydrogen) atoms. The van der Waals surface area contributed by atoms with E-state index in [1.54, 1.807) is 21.9 Å². The van der Waals surface area contributed by atoms with Gasteiger partial charge in [0.15, 0.2) is 10.8 Å². The molecule has 6 nitrogen and oxygen atoms in total. The SMILES string of the molecule is CC(C)C(=O)N1CCN(C(=O)c2ccc(Cl)nn2)CC1. The number of carbonyl (C=O) groups is 2. The minimum absolute atomic E-state index is 0.0145. The van der Waals surface area contributed by atoms with Crippen LogP contribution in [-0.4, -0.2) is 58.0 Å². The molecule has 1 aromatic rings. The van der Waals surface area contributed by atoms with Crippen molar-refractivity contribution in [2.24, 2.45) is 5.92 Å². The van der Waals surface area contributed by atoms with Gasteiger partial charge in [0.2, 0.25) is 5.91 Å². The molecule has 0 spiro atoms.